The summed E-state index contributed by atoms with van der Waals surface area (Å²) >= 11 is 0. The smallest absolute Gasteiger partial charge is 0.222 e. The van der Waals surface area contributed by atoms with Crippen molar-refractivity contribution in [1.29, 1.82) is 0 Å². The summed E-state index contributed by atoms with van der Waals surface area (Å²) in [7, 11) is 0. The molecule has 2 aliphatic rings. The van der Waals surface area contributed by atoms with Crippen molar-refractivity contribution < 1.29 is 4.79 Å². The van der Waals surface area contributed by atoms with E-state index in [0.717, 1.165) is 50.9 Å². The molecule has 2 fully saturated rings. The van der Waals surface area contributed by atoms with E-state index in [9.17, 15) is 4.79 Å². The Hall–Kier alpha value is -0.280. The third-order valence-corrected chi connectivity index (χ3v) is 4.14. The zero-order valence-corrected chi connectivity index (χ0v) is 12.6. The number of halogens is 1. The lowest BCUT2D eigenvalue weighted by Crippen LogP contribution is -2.32. The van der Waals surface area contributed by atoms with Gasteiger partial charge in [-0.3, -0.25) is 4.79 Å². The van der Waals surface area contributed by atoms with Gasteiger partial charge in [-0.2, -0.15) is 0 Å². The van der Waals surface area contributed by atoms with Crippen molar-refractivity contribution in [2.24, 2.45) is 23.7 Å². The molecular weight excluding hydrogens is 248 g/mol. The maximum Gasteiger partial charge on any atom is 0.222 e. The van der Waals surface area contributed by atoms with Crippen LogP contribution in [-0.2, 0) is 4.79 Å². The molecule has 2 aliphatic heterocycles. The molecule has 0 aromatic heterocycles. The van der Waals surface area contributed by atoms with E-state index in [1.165, 1.54) is 0 Å². The highest BCUT2D eigenvalue weighted by Gasteiger charge is 2.37. The van der Waals surface area contributed by atoms with Gasteiger partial charge in [0.25, 0.3) is 0 Å². The second kappa shape index (κ2) is 6.76. The van der Waals surface area contributed by atoms with Crippen LogP contribution in [0, 0.1) is 23.7 Å². The molecule has 18 heavy (non-hydrogen) atoms. The van der Waals surface area contributed by atoms with Crippen molar-refractivity contribution in [2.75, 3.05) is 26.2 Å². The summed E-state index contributed by atoms with van der Waals surface area (Å²) in [5, 5.41) is 3.41. The molecule has 0 spiro atoms. The van der Waals surface area contributed by atoms with Gasteiger partial charge in [0.2, 0.25) is 5.91 Å². The number of carbonyl (C=O) groups is 1. The largest absolute Gasteiger partial charge is 0.342 e. The van der Waals surface area contributed by atoms with Crippen LogP contribution < -0.4 is 5.32 Å². The second-order valence-corrected chi connectivity index (χ2v) is 6.42. The number of likely N-dealkylation sites (tertiary alicyclic amines) is 1. The fraction of sp³-hybridized carbons (Fsp3) is 0.929. The van der Waals surface area contributed by atoms with Crippen LogP contribution in [-0.4, -0.2) is 37.0 Å². The summed E-state index contributed by atoms with van der Waals surface area (Å²) in [6.45, 7) is 10.9. The summed E-state index contributed by atoms with van der Waals surface area (Å²) in [5.74, 6) is 3.05. The molecule has 1 unspecified atom stereocenters. The number of hydrogen-bond donors (Lipinski definition) is 1. The van der Waals surface area contributed by atoms with E-state index in [0.29, 0.717) is 17.7 Å². The Balaban J connectivity index is 0.00000162. The monoisotopic (exact) mass is 274 g/mol. The van der Waals surface area contributed by atoms with E-state index in [1.807, 2.05) is 0 Å². The van der Waals surface area contributed by atoms with Crippen molar-refractivity contribution in [3.63, 3.8) is 0 Å². The quantitative estimate of drug-likeness (QED) is 0.852. The number of rotatable bonds is 4. The topological polar surface area (TPSA) is 32.3 Å². The molecule has 0 radical (unpaired) electrons. The van der Waals surface area contributed by atoms with Crippen LogP contribution in [0.3, 0.4) is 0 Å². The van der Waals surface area contributed by atoms with Crippen molar-refractivity contribution in [3.05, 3.63) is 0 Å². The summed E-state index contributed by atoms with van der Waals surface area (Å²) in [6, 6.07) is 0. The summed E-state index contributed by atoms with van der Waals surface area (Å²) in [4.78, 5) is 14.3. The van der Waals surface area contributed by atoms with E-state index < -0.39 is 0 Å². The average Bonchev–Trinajstić information content (AvgIpc) is 2.73. The van der Waals surface area contributed by atoms with Gasteiger partial charge >= 0.3 is 0 Å². The Bertz CT molecular complexity index is 271. The lowest BCUT2D eigenvalue weighted by atomic mass is 9.95. The number of carbonyl (C=O) groups excluding carboxylic acids is 1. The van der Waals surface area contributed by atoms with E-state index in [1.54, 1.807) is 0 Å². The molecule has 0 saturated carbocycles. The zero-order chi connectivity index (χ0) is 12.4. The highest BCUT2D eigenvalue weighted by molar-refractivity contribution is 5.85. The summed E-state index contributed by atoms with van der Waals surface area (Å²) in [6.07, 6.45) is 1.90. The SMILES string of the molecule is CC(C)CC(C)CC(=O)N1C[C@H]2CNC[C@H]2C1.Cl. The van der Waals surface area contributed by atoms with Crippen LogP contribution in [0.25, 0.3) is 0 Å². The highest BCUT2D eigenvalue weighted by Crippen LogP contribution is 2.27. The number of nitrogens with one attached hydrogen (secondary N) is 1. The van der Waals surface area contributed by atoms with Crippen molar-refractivity contribution >= 4 is 18.3 Å². The molecule has 0 bridgehead atoms. The first-order chi connectivity index (χ1) is 8.06. The van der Waals surface area contributed by atoms with E-state index in [4.69, 9.17) is 0 Å². The molecule has 2 rings (SSSR count). The molecule has 1 amide bonds. The minimum Gasteiger partial charge on any atom is -0.342 e. The molecule has 2 saturated heterocycles. The molecule has 2 heterocycles. The Morgan fingerprint density at radius 2 is 1.78 bits per heavy atom. The summed E-state index contributed by atoms with van der Waals surface area (Å²) in [5.41, 5.74) is 0. The number of nitrogens with zero attached hydrogens (tertiary/aromatic N) is 1. The minimum absolute atomic E-state index is 0. The number of amides is 1. The molecule has 106 valence electrons. The molecule has 1 N–H and O–H groups in total. The Labute approximate surface area is 117 Å². The fourth-order valence-electron chi connectivity index (χ4n) is 3.37. The standard InChI is InChI=1S/C14H26N2O.ClH/c1-10(2)4-11(3)5-14(17)16-8-12-6-15-7-13(12)9-16;/h10-13,15H,4-9H2,1-3H3;1H/t11?,12-,13+;. The van der Waals surface area contributed by atoms with Crippen molar-refractivity contribution in [1.82, 2.24) is 10.2 Å². The first-order valence-corrected chi connectivity index (χ1v) is 7.04. The van der Waals surface area contributed by atoms with E-state index in [-0.39, 0.29) is 12.4 Å². The van der Waals surface area contributed by atoms with Gasteiger partial charge in [-0.15, -0.1) is 12.4 Å². The van der Waals surface area contributed by atoms with Gasteiger partial charge in [-0.05, 0) is 30.1 Å². The first kappa shape index (κ1) is 15.8. The van der Waals surface area contributed by atoms with E-state index in [2.05, 4.69) is 31.0 Å². The Morgan fingerprint density at radius 1 is 1.22 bits per heavy atom. The fourth-order valence-corrected chi connectivity index (χ4v) is 3.37. The third-order valence-electron chi connectivity index (χ3n) is 4.14. The van der Waals surface area contributed by atoms with Gasteiger partial charge in [0.1, 0.15) is 0 Å². The normalized spacial score (nSPS) is 28.1. The Morgan fingerprint density at radius 3 is 2.28 bits per heavy atom. The molecule has 3 nitrogen and oxygen atoms in total. The molecule has 3 atom stereocenters. The maximum atomic E-state index is 12.2. The van der Waals surface area contributed by atoms with Crippen LogP contribution in [0.1, 0.15) is 33.6 Å². The number of hydrogen-bond acceptors (Lipinski definition) is 2. The van der Waals surface area contributed by atoms with Crippen LogP contribution >= 0.6 is 12.4 Å². The summed E-state index contributed by atoms with van der Waals surface area (Å²) < 4.78 is 0. The predicted octanol–water partition coefficient (Wildman–Crippen LogP) is 2.16. The van der Waals surface area contributed by atoms with Crippen LogP contribution in [0.2, 0.25) is 0 Å². The Kier molecular flexibility index (Phi) is 5.93. The highest BCUT2D eigenvalue weighted by atomic mass is 35.5. The molecule has 0 aromatic rings. The average molecular weight is 275 g/mol. The van der Waals surface area contributed by atoms with Crippen LogP contribution in [0.4, 0.5) is 0 Å². The lowest BCUT2D eigenvalue weighted by molar-refractivity contribution is -0.131. The molecule has 0 aromatic carbocycles. The van der Waals surface area contributed by atoms with Gasteiger partial charge in [0.15, 0.2) is 0 Å². The van der Waals surface area contributed by atoms with Crippen LogP contribution in [0.15, 0.2) is 0 Å². The zero-order valence-electron chi connectivity index (χ0n) is 11.8. The molecule has 0 aliphatic carbocycles. The van der Waals surface area contributed by atoms with Gasteiger partial charge in [0.05, 0.1) is 0 Å². The molecular formula is C14H27ClN2O. The maximum absolute atomic E-state index is 12.2. The third kappa shape index (κ3) is 3.86. The number of fused-ring (bicyclic) bond motifs is 1. The molecule has 4 heteroatoms. The van der Waals surface area contributed by atoms with Crippen LogP contribution in [0.5, 0.6) is 0 Å². The van der Waals surface area contributed by atoms with Crippen molar-refractivity contribution in [3.8, 4) is 0 Å². The van der Waals surface area contributed by atoms with Crippen molar-refractivity contribution in [2.45, 2.75) is 33.6 Å². The predicted molar refractivity (Wildman–Crippen MR) is 76.9 cm³/mol. The van der Waals surface area contributed by atoms with Gasteiger partial charge in [0, 0.05) is 32.6 Å². The van der Waals surface area contributed by atoms with E-state index >= 15 is 0 Å². The second-order valence-electron chi connectivity index (χ2n) is 6.42. The first-order valence-electron chi connectivity index (χ1n) is 7.04. The van der Waals surface area contributed by atoms with Gasteiger partial charge in [-0.1, -0.05) is 20.8 Å². The van der Waals surface area contributed by atoms with Gasteiger partial charge in [-0.25, -0.2) is 0 Å². The minimum atomic E-state index is 0. The lowest BCUT2D eigenvalue weighted by Gasteiger charge is -2.20. The van der Waals surface area contributed by atoms with Gasteiger partial charge < -0.3 is 10.2 Å².